The standard InChI is InChI=1S/C20H18Cl2N4O2S/c1-12-5-6-13(9-16(12)22)26-11-23-25-20(26)29-10-18(27)24-17-7-8-28-19-14(17)3-2-4-15(19)21/h2-6,9,11,17H,7-8,10H2,1H3,(H,24,27)/t17-/m1/s1. The van der Waals surface area contributed by atoms with Crippen molar-refractivity contribution in [2.24, 2.45) is 0 Å². The molecule has 2 heterocycles. The lowest BCUT2D eigenvalue weighted by molar-refractivity contribution is -0.119. The Morgan fingerprint density at radius 2 is 2.17 bits per heavy atom. The number of ether oxygens (including phenoxy) is 1. The second-order valence-corrected chi connectivity index (χ2v) is 8.38. The van der Waals surface area contributed by atoms with Gasteiger partial charge in [-0.1, -0.05) is 53.2 Å². The van der Waals surface area contributed by atoms with Gasteiger partial charge in [-0.3, -0.25) is 9.36 Å². The van der Waals surface area contributed by atoms with E-state index in [0.29, 0.717) is 34.0 Å². The van der Waals surface area contributed by atoms with E-state index in [4.69, 9.17) is 27.9 Å². The van der Waals surface area contributed by atoms with Crippen molar-refractivity contribution in [3.63, 3.8) is 0 Å². The number of hydrogen-bond donors (Lipinski definition) is 1. The Labute approximate surface area is 182 Å². The summed E-state index contributed by atoms with van der Waals surface area (Å²) in [6.07, 6.45) is 2.31. The number of rotatable bonds is 5. The first kappa shape index (κ1) is 20.1. The predicted molar refractivity (Wildman–Crippen MR) is 114 cm³/mol. The number of fused-ring (bicyclic) bond motifs is 1. The van der Waals surface area contributed by atoms with E-state index >= 15 is 0 Å². The first-order chi connectivity index (χ1) is 14.0. The molecule has 1 aliphatic rings. The van der Waals surface area contributed by atoms with Gasteiger partial charge in [0.15, 0.2) is 5.16 Å². The van der Waals surface area contributed by atoms with Gasteiger partial charge in [0.05, 0.1) is 29.1 Å². The van der Waals surface area contributed by atoms with Gasteiger partial charge < -0.3 is 10.1 Å². The van der Waals surface area contributed by atoms with Gasteiger partial charge in [0.25, 0.3) is 0 Å². The van der Waals surface area contributed by atoms with Gasteiger partial charge in [-0.05, 0) is 30.7 Å². The molecule has 1 aliphatic heterocycles. The van der Waals surface area contributed by atoms with Crippen molar-refractivity contribution < 1.29 is 9.53 Å². The molecule has 0 unspecified atom stereocenters. The quantitative estimate of drug-likeness (QED) is 0.576. The van der Waals surface area contributed by atoms with Crippen LogP contribution in [0.1, 0.15) is 23.6 Å². The molecule has 0 saturated heterocycles. The summed E-state index contributed by atoms with van der Waals surface area (Å²) in [6.45, 7) is 2.46. The van der Waals surface area contributed by atoms with Crippen molar-refractivity contribution in [3.8, 4) is 11.4 Å². The van der Waals surface area contributed by atoms with E-state index in [9.17, 15) is 4.79 Å². The minimum atomic E-state index is -0.126. The molecule has 1 amide bonds. The van der Waals surface area contributed by atoms with Crippen molar-refractivity contribution in [1.82, 2.24) is 20.1 Å². The number of hydrogen-bond acceptors (Lipinski definition) is 5. The van der Waals surface area contributed by atoms with Crippen LogP contribution in [0.15, 0.2) is 47.9 Å². The Morgan fingerprint density at radius 3 is 3.00 bits per heavy atom. The lowest BCUT2D eigenvalue weighted by atomic mass is 10.0. The Bertz CT molecular complexity index is 1060. The molecule has 150 valence electrons. The van der Waals surface area contributed by atoms with Crippen molar-refractivity contribution in [3.05, 3.63) is 63.9 Å². The average Bonchev–Trinajstić information content (AvgIpc) is 3.18. The molecule has 0 fully saturated rings. The minimum absolute atomic E-state index is 0.0932. The maximum atomic E-state index is 12.6. The summed E-state index contributed by atoms with van der Waals surface area (Å²) in [5.74, 6) is 0.768. The van der Waals surface area contributed by atoms with Crippen LogP contribution in [-0.2, 0) is 4.79 Å². The molecule has 0 bridgehead atoms. The van der Waals surface area contributed by atoms with Gasteiger partial charge in [-0.25, -0.2) is 0 Å². The largest absolute Gasteiger partial charge is 0.492 e. The predicted octanol–water partition coefficient (Wildman–Crippen LogP) is 4.61. The number of thioether (sulfide) groups is 1. The zero-order chi connectivity index (χ0) is 20.4. The fourth-order valence-electron chi connectivity index (χ4n) is 3.13. The summed E-state index contributed by atoms with van der Waals surface area (Å²) in [5.41, 5.74) is 2.75. The molecule has 1 N–H and O–H groups in total. The number of para-hydroxylation sites is 1. The number of nitrogens with one attached hydrogen (secondary N) is 1. The van der Waals surface area contributed by atoms with Crippen LogP contribution in [0.5, 0.6) is 5.75 Å². The molecule has 3 aromatic rings. The highest BCUT2D eigenvalue weighted by atomic mass is 35.5. The normalized spacial score (nSPS) is 15.5. The second kappa shape index (κ2) is 8.65. The van der Waals surface area contributed by atoms with Gasteiger partial charge in [-0.2, -0.15) is 0 Å². The van der Waals surface area contributed by atoms with E-state index in [1.807, 2.05) is 41.8 Å². The van der Waals surface area contributed by atoms with Gasteiger partial charge in [-0.15, -0.1) is 10.2 Å². The number of amides is 1. The minimum Gasteiger partial charge on any atom is -0.492 e. The number of benzene rings is 2. The lowest BCUT2D eigenvalue weighted by Gasteiger charge is -2.27. The fourth-order valence-corrected chi connectivity index (χ4v) is 4.29. The van der Waals surface area contributed by atoms with Crippen molar-refractivity contribution >= 4 is 40.9 Å². The van der Waals surface area contributed by atoms with E-state index in [1.54, 1.807) is 12.4 Å². The molecule has 0 radical (unpaired) electrons. The molecule has 1 aromatic heterocycles. The third kappa shape index (κ3) is 4.37. The number of aryl methyl sites for hydroxylation is 1. The molecule has 4 rings (SSSR count). The van der Waals surface area contributed by atoms with Crippen LogP contribution >= 0.6 is 35.0 Å². The zero-order valence-corrected chi connectivity index (χ0v) is 17.9. The number of nitrogens with zero attached hydrogens (tertiary/aromatic N) is 3. The van der Waals surface area contributed by atoms with Crippen LogP contribution in [0.3, 0.4) is 0 Å². The average molecular weight is 449 g/mol. The molecule has 1 atom stereocenters. The van der Waals surface area contributed by atoms with Crippen LogP contribution in [0.2, 0.25) is 10.0 Å². The molecule has 0 saturated carbocycles. The van der Waals surface area contributed by atoms with Gasteiger partial charge in [0.1, 0.15) is 12.1 Å². The third-order valence-corrected chi connectivity index (χ3v) is 6.29. The summed E-state index contributed by atoms with van der Waals surface area (Å²) < 4.78 is 7.46. The van der Waals surface area contributed by atoms with E-state index in [1.165, 1.54) is 11.8 Å². The Kier molecular flexibility index (Phi) is 5.99. The Morgan fingerprint density at radius 1 is 1.31 bits per heavy atom. The monoisotopic (exact) mass is 448 g/mol. The molecule has 9 heteroatoms. The van der Waals surface area contributed by atoms with Crippen molar-refractivity contribution in [2.75, 3.05) is 12.4 Å². The van der Waals surface area contributed by atoms with Crippen LogP contribution in [0.25, 0.3) is 5.69 Å². The van der Waals surface area contributed by atoms with E-state index in [2.05, 4.69) is 15.5 Å². The molecule has 2 aromatic carbocycles. The van der Waals surface area contributed by atoms with Gasteiger partial charge in [0, 0.05) is 17.0 Å². The highest BCUT2D eigenvalue weighted by Crippen LogP contribution is 2.37. The highest BCUT2D eigenvalue weighted by molar-refractivity contribution is 7.99. The number of carbonyl (C=O) groups is 1. The van der Waals surface area contributed by atoms with Crippen molar-refractivity contribution in [2.45, 2.75) is 24.5 Å². The molecule has 6 nitrogen and oxygen atoms in total. The van der Waals surface area contributed by atoms with Gasteiger partial charge >= 0.3 is 0 Å². The lowest BCUT2D eigenvalue weighted by Crippen LogP contribution is -2.33. The second-order valence-electron chi connectivity index (χ2n) is 6.62. The smallest absolute Gasteiger partial charge is 0.230 e. The topological polar surface area (TPSA) is 69.0 Å². The number of aromatic nitrogens is 3. The van der Waals surface area contributed by atoms with Crippen molar-refractivity contribution in [1.29, 1.82) is 0 Å². The third-order valence-electron chi connectivity index (χ3n) is 4.64. The van der Waals surface area contributed by atoms with E-state index in [0.717, 1.165) is 16.8 Å². The first-order valence-electron chi connectivity index (χ1n) is 9.03. The summed E-state index contributed by atoms with van der Waals surface area (Å²) in [4.78, 5) is 12.6. The maximum absolute atomic E-state index is 12.6. The molecule has 0 spiro atoms. The molecule has 0 aliphatic carbocycles. The van der Waals surface area contributed by atoms with Crippen LogP contribution in [0.4, 0.5) is 0 Å². The number of carbonyl (C=O) groups excluding carboxylic acids is 1. The van der Waals surface area contributed by atoms with E-state index in [-0.39, 0.29) is 17.7 Å². The summed E-state index contributed by atoms with van der Waals surface area (Å²) in [6, 6.07) is 11.2. The SMILES string of the molecule is Cc1ccc(-n2cnnc2SCC(=O)N[C@@H]2CCOc3c(Cl)cccc32)cc1Cl. The van der Waals surface area contributed by atoms with Crippen LogP contribution in [-0.4, -0.2) is 33.0 Å². The Hall–Kier alpha value is -2.22. The van der Waals surface area contributed by atoms with E-state index < -0.39 is 0 Å². The summed E-state index contributed by atoms with van der Waals surface area (Å²) in [7, 11) is 0. The number of halogens is 2. The summed E-state index contributed by atoms with van der Waals surface area (Å²) >= 11 is 13.7. The Balaban J connectivity index is 1.42. The highest BCUT2D eigenvalue weighted by Gasteiger charge is 2.24. The fraction of sp³-hybridized carbons (Fsp3) is 0.250. The molecule has 29 heavy (non-hydrogen) atoms. The molecular weight excluding hydrogens is 431 g/mol. The maximum Gasteiger partial charge on any atom is 0.230 e. The van der Waals surface area contributed by atoms with Crippen LogP contribution in [0, 0.1) is 6.92 Å². The molecular formula is C20H18Cl2N4O2S. The van der Waals surface area contributed by atoms with Gasteiger partial charge in [0.2, 0.25) is 5.91 Å². The van der Waals surface area contributed by atoms with Crippen LogP contribution < -0.4 is 10.1 Å². The summed E-state index contributed by atoms with van der Waals surface area (Å²) in [5, 5.41) is 13.0. The first-order valence-corrected chi connectivity index (χ1v) is 10.8. The zero-order valence-electron chi connectivity index (χ0n) is 15.6.